The van der Waals surface area contributed by atoms with Gasteiger partial charge in [0.05, 0.1) is 18.8 Å². The topological polar surface area (TPSA) is 105 Å². The smallest absolute Gasteiger partial charge is 0.807 e. The van der Waals surface area contributed by atoms with Crippen LogP contribution in [0.4, 0.5) is 0 Å². The van der Waals surface area contributed by atoms with Crippen LogP contribution < -0.4 is 79.5 Å². The summed E-state index contributed by atoms with van der Waals surface area (Å²) in [5, 5.41) is 16.3. The zero-order valence-electron chi connectivity index (χ0n) is 24.0. The molecule has 0 heterocycles. The number of hydrogen-bond donors (Lipinski definition) is 2. The minimum atomic E-state index is -4.79. The van der Waals surface area contributed by atoms with E-state index in [1.807, 2.05) is 43.3 Å². The molecule has 2 N–H and O–H groups in total. The second-order valence-electron chi connectivity index (χ2n) is 10.4. The Morgan fingerprint density at radius 1 is 0.900 bits per heavy atom. The van der Waals surface area contributed by atoms with Crippen LogP contribution in [0.1, 0.15) is 38.0 Å². The average molecular weight is 578 g/mol. The SMILES string of the molecule is C[C@@H](OC[C@H](O)CNC(C)(C)Cc1ccc2ccccc2c1)c1ccccc1-c1ccc(P(=O)([O-])[O-])cc1.[Na+].[Na+]. The largest absolute Gasteiger partial charge is 1.00 e. The van der Waals surface area contributed by atoms with E-state index in [0.29, 0.717) is 6.54 Å². The summed E-state index contributed by atoms with van der Waals surface area (Å²) in [6.07, 6.45) is -0.179. The second-order valence-corrected chi connectivity index (χ2v) is 11.9. The molecule has 0 spiro atoms. The van der Waals surface area contributed by atoms with Crippen LogP contribution in [0.2, 0.25) is 0 Å². The third kappa shape index (κ3) is 9.88. The van der Waals surface area contributed by atoms with Gasteiger partial charge in [-0.2, -0.15) is 0 Å². The van der Waals surface area contributed by atoms with Crippen molar-refractivity contribution in [2.24, 2.45) is 0 Å². The normalized spacial score (nSPS) is 13.2. The number of hydrogen-bond acceptors (Lipinski definition) is 6. The molecule has 40 heavy (non-hydrogen) atoms. The molecule has 4 rings (SSSR count). The Hall–Kier alpha value is -0.830. The fourth-order valence-corrected chi connectivity index (χ4v) is 5.17. The zero-order chi connectivity index (χ0) is 27.3. The molecule has 0 bridgehead atoms. The Labute approximate surface area is 281 Å². The van der Waals surface area contributed by atoms with Crippen molar-refractivity contribution in [2.45, 2.75) is 44.9 Å². The summed E-state index contributed by atoms with van der Waals surface area (Å²) in [7, 11) is -4.79. The van der Waals surface area contributed by atoms with E-state index in [-0.39, 0.29) is 82.7 Å². The van der Waals surface area contributed by atoms with Gasteiger partial charge in [-0.15, -0.1) is 0 Å². The number of rotatable bonds is 11. The molecular formula is C31H34NNa2O5P. The number of aliphatic hydroxyl groups is 1. The molecular weight excluding hydrogens is 543 g/mol. The Bertz CT molecular complexity index is 1420. The van der Waals surface area contributed by atoms with Gasteiger partial charge >= 0.3 is 59.1 Å². The van der Waals surface area contributed by atoms with E-state index in [1.165, 1.54) is 28.5 Å². The Balaban J connectivity index is 0.00000280. The van der Waals surface area contributed by atoms with Crippen LogP contribution in [-0.2, 0) is 15.7 Å². The maximum atomic E-state index is 11.3. The molecule has 0 aromatic heterocycles. The van der Waals surface area contributed by atoms with E-state index in [1.54, 1.807) is 12.1 Å². The third-order valence-electron chi connectivity index (χ3n) is 6.71. The Kier molecular flexibility index (Phi) is 13.8. The number of benzene rings is 4. The van der Waals surface area contributed by atoms with Gasteiger partial charge in [0, 0.05) is 12.1 Å². The number of nitrogens with one attached hydrogen (secondary N) is 1. The molecule has 0 saturated carbocycles. The van der Waals surface area contributed by atoms with Gasteiger partial charge in [0.1, 0.15) is 0 Å². The minimum absolute atomic E-state index is 0. The molecule has 0 aliphatic carbocycles. The quantitative estimate of drug-likeness (QED) is 0.160. The summed E-state index contributed by atoms with van der Waals surface area (Å²) in [4.78, 5) is 22.6. The maximum absolute atomic E-state index is 11.3. The van der Waals surface area contributed by atoms with Crippen molar-refractivity contribution in [3.63, 3.8) is 0 Å². The van der Waals surface area contributed by atoms with E-state index in [2.05, 4.69) is 49.5 Å². The first-order valence-electron chi connectivity index (χ1n) is 12.8. The summed E-state index contributed by atoms with van der Waals surface area (Å²) in [6.45, 7) is 6.71. The standard InChI is InChI=1S/C31H36NO5P.2Na/c1-22(29-10-6-7-11-30(29)25-14-16-28(17-15-25)38(34,35)36)37-21-27(33)20-32-31(2,3)19-23-12-13-24-8-4-5-9-26(24)18-23;;/h4-18,22,27,32-33H,19-21H2,1-3H3,(H2,34,35,36);;/q;2*+1/p-2/t22-,27-;;/m1../s1. The van der Waals surface area contributed by atoms with Crippen LogP contribution in [0.25, 0.3) is 21.9 Å². The van der Waals surface area contributed by atoms with E-state index in [9.17, 15) is 19.5 Å². The predicted molar refractivity (Wildman–Crippen MR) is 149 cm³/mol. The van der Waals surface area contributed by atoms with Gasteiger partial charge in [0.2, 0.25) is 0 Å². The number of β-amino-alcohol motifs (C(OH)–C–C–N with tert-alkyl or cyclic N) is 1. The van der Waals surface area contributed by atoms with Crippen molar-refractivity contribution in [1.29, 1.82) is 0 Å². The van der Waals surface area contributed by atoms with Crippen LogP contribution in [-0.4, -0.2) is 29.9 Å². The first-order valence-corrected chi connectivity index (χ1v) is 14.3. The fourth-order valence-electron chi connectivity index (χ4n) is 4.66. The number of fused-ring (bicyclic) bond motifs is 1. The first-order chi connectivity index (χ1) is 18.0. The first kappa shape index (κ1) is 35.4. The molecule has 0 amide bonds. The molecule has 200 valence electrons. The second kappa shape index (κ2) is 15.6. The van der Waals surface area contributed by atoms with Gasteiger partial charge < -0.3 is 29.5 Å². The summed E-state index contributed by atoms with van der Waals surface area (Å²) < 4.78 is 17.3. The molecule has 0 saturated heterocycles. The summed E-state index contributed by atoms with van der Waals surface area (Å²) >= 11 is 0. The van der Waals surface area contributed by atoms with Gasteiger partial charge in [-0.3, -0.25) is 0 Å². The van der Waals surface area contributed by atoms with Crippen LogP contribution in [0.15, 0.2) is 91.0 Å². The molecule has 0 aliphatic rings. The van der Waals surface area contributed by atoms with E-state index in [4.69, 9.17) is 4.74 Å². The number of aliphatic hydroxyl groups excluding tert-OH is 1. The van der Waals surface area contributed by atoms with Crippen molar-refractivity contribution in [1.82, 2.24) is 5.32 Å². The number of ether oxygens (including phenoxy) is 1. The molecule has 0 unspecified atom stereocenters. The van der Waals surface area contributed by atoms with Crippen molar-refractivity contribution in [3.8, 4) is 11.1 Å². The summed E-state index contributed by atoms with van der Waals surface area (Å²) in [6, 6.07) is 28.4. The third-order valence-corrected chi connectivity index (χ3v) is 7.64. The molecule has 6 nitrogen and oxygen atoms in total. The monoisotopic (exact) mass is 577 g/mol. The average Bonchev–Trinajstić information content (AvgIpc) is 2.90. The molecule has 0 aliphatic heterocycles. The van der Waals surface area contributed by atoms with Gasteiger partial charge in [0.15, 0.2) is 0 Å². The zero-order valence-corrected chi connectivity index (χ0v) is 28.9. The predicted octanol–water partition coefficient (Wildman–Crippen LogP) is -1.90. The fraction of sp³-hybridized carbons (Fsp3) is 0.290. The molecule has 4 aromatic carbocycles. The van der Waals surface area contributed by atoms with Gasteiger partial charge in [-0.1, -0.05) is 91.0 Å². The van der Waals surface area contributed by atoms with Gasteiger partial charge in [-0.25, -0.2) is 0 Å². The van der Waals surface area contributed by atoms with Crippen LogP contribution in [0, 0.1) is 0 Å². The Morgan fingerprint density at radius 3 is 2.20 bits per heavy atom. The summed E-state index contributed by atoms with van der Waals surface area (Å²) in [5.74, 6) is 0. The molecule has 9 heteroatoms. The van der Waals surface area contributed by atoms with E-state index >= 15 is 0 Å². The summed E-state index contributed by atoms with van der Waals surface area (Å²) in [5.41, 5.74) is 3.59. The molecule has 0 radical (unpaired) electrons. The van der Waals surface area contributed by atoms with Crippen molar-refractivity contribution in [2.75, 3.05) is 13.2 Å². The molecule has 2 atom stereocenters. The van der Waals surface area contributed by atoms with Crippen LogP contribution >= 0.6 is 7.60 Å². The maximum Gasteiger partial charge on any atom is 1.00 e. The van der Waals surface area contributed by atoms with E-state index in [0.717, 1.165) is 23.1 Å². The van der Waals surface area contributed by atoms with Crippen molar-refractivity contribution < 1.29 is 83.3 Å². The van der Waals surface area contributed by atoms with Crippen molar-refractivity contribution >= 4 is 23.7 Å². The molecule has 4 aromatic rings. The minimum Gasteiger partial charge on any atom is -0.807 e. The van der Waals surface area contributed by atoms with E-state index < -0.39 is 13.7 Å². The van der Waals surface area contributed by atoms with Gasteiger partial charge in [0.25, 0.3) is 0 Å². The molecule has 0 fully saturated rings. The van der Waals surface area contributed by atoms with Crippen LogP contribution in [0.5, 0.6) is 0 Å². The van der Waals surface area contributed by atoms with Crippen LogP contribution in [0.3, 0.4) is 0 Å². The van der Waals surface area contributed by atoms with Crippen molar-refractivity contribution in [3.05, 3.63) is 102 Å². The van der Waals surface area contributed by atoms with Gasteiger partial charge in [-0.05, 0) is 73.1 Å². The Morgan fingerprint density at radius 2 is 1.52 bits per heavy atom.